The summed E-state index contributed by atoms with van der Waals surface area (Å²) in [5.41, 5.74) is 1.09. The van der Waals surface area contributed by atoms with Crippen LogP contribution < -0.4 is 0 Å². The van der Waals surface area contributed by atoms with E-state index in [4.69, 9.17) is 0 Å². The van der Waals surface area contributed by atoms with Gasteiger partial charge in [-0.3, -0.25) is 9.89 Å². The van der Waals surface area contributed by atoms with Gasteiger partial charge in [-0.2, -0.15) is 5.10 Å². The standard InChI is InChI=1S/C13H19N3O/c17-13(10-4-1-2-5-10)16-9-3-6-12(16)11-7-8-14-15-11/h7-8,10,12H,1-6,9H2,(H,14,15). The van der Waals surface area contributed by atoms with Gasteiger partial charge in [0.05, 0.1) is 11.7 Å². The number of nitrogens with zero attached hydrogens (tertiary/aromatic N) is 2. The SMILES string of the molecule is O=C(C1CCCC1)N1CCCC1c1ccn[nH]1. The summed E-state index contributed by atoms with van der Waals surface area (Å²) in [6.45, 7) is 0.916. The van der Waals surface area contributed by atoms with Gasteiger partial charge < -0.3 is 4.90 Å². The minimum atomic E-state index is 0.241. The Morgan fingerprint density at radius 2 is 2.12 bits per heavy atom. The van der Waals surface area contributed by atoms with Crippen molar-refractivity contribution in [3.8, 4) is 0 Å². The number of hydrogen-bond donors (Lipinski definition) is 1. The van der Waals surface area contributed by atoms with Crippen molar-refractivity contribution in [1.82, 2.24) is 15.1 Å². The molecule has 3 rings (SSSR count). The molecule has 0 radical (unpaired) electrons. The van der Waals surface area contributed by atoms with Gasteiger partial charge in [0, 0.05) is 18.7 Å². The molecule has 2 aliphatic rings. The molecule has 1 aliphatic heterocycles. The van der Waals surface area contributed by atoms with Crippen LogP contribution in [-0.2, 0) is 4.79 Å². The number of likely N-dealkylation sites (tertiary alicyclic amines) is 1. The van der Waals surface area contributed by atoms with E-state index in [0.29, 0.717) is 11.8 Å². The first kappa shape index (κ1) is 10.8. The summed E-state index contributed by atoms with van der Waals surface area (Å²) in [4.78, 5) is 14.5. The molecule has 1 aromatic rings. The second-order valence-electron chi connectivity index (χ2n) is 5.18. The van der Waals surface area contributed by atoms with Crippen LogP contribution in [0.3, 0.4) is 0 Å². The van der Waals surface area contributed by atoms with E-state index in [1.165, 1.54) is 12.8 Å². The van der Waals surface area contributed by atoms with E-state index in [9.17, 15) is 4.79 Å². The first-order valence-electron chi connectivity index (χ1n) is 6.66. The summed E-state index contributed by atoms with van der Waals surface area (Å²) >= 11 is 0. The third kappa shape index (κ3) is 1.96. The predicted octanol–water partition coefficient (Wildman–Crippen LogP) is 2.26. The van der Waals surface area contributed by atoms with Gasteiger partial charge >= 0.3 is 0 Å². The minimum Gasteiger partial charge on any atom is -0.334 e. The molecule has 92 valence electrons. The fourth-order valence-electron chi connectivity index (χ4n) is 3.21. The molecule has 2 fully saturated rings. The molecule has 1 N–H and O–H groups in total. The fourth-order valence-corrected chi connectivity index (χ4v) is 3.21. The quantitative estimate of drug-likeness (QED) is 0.851. The smallest absolute Gasteiger partial charge is 0.226 e. The van der Waals surface area contributed by atoms with E-state index in [0.717, 1.165) is 37.9 Å². The van der Waals surface area contributed by atoms with Crippen LogP contribution in [0.5, 0.6) is 0 Å². The Morgan fingerprint density at radius 1 is 1.29 bits per heavy atom. The van der Waals surface area contributed by atoms with E-state index < -0.39 is 0 Å². The molecule has 0 spiro atoms. The fraction of sp³-hybridized carbons (Fsp3) is 0.692. The van der Waals surface area contributed by atoms with Crippen molar-refractivity contribution in [2.45, 2.75) is 44.6 Å². The zero-order chi connectivity index (χ0) is 11.7. The predicted molar refractivity (Wildman–Crippen MR) is 64.2 cm³/mol. The van der Waals surface area contributed by atoms with Gasteiger partial charge in [-0.05, 0) is 31.7 Å². The lowest BCUT2D eigenvalue weighted by molar-refractivity contribution is -0.136. The van der Waals surface area contributed by atoms with Crippen molar-refractivity contribution in [2.75, 3.05) is 6.54 Å². The highest BCUT2D eigenvalue weighted by Crippen LogP contribution is 2.35. The van der Waals surface area contributed by atoms with E-state index in [1.54, 1.807) is 6.20 Å². The number of H-pyrrole nitrogens is 1. The molecule has 17 heavy (non-hydrogen) atoms. The maximum atomic E-state index is 12.4. The molecule has 2 heterocycles. The Kier molecular flexibility index (Phi) is 2.87. The van der Waals surface area contributed by atoms with Crippen molar-refractivity contribution in [1.29, 1.82) is 0 Å². The maximum absolute atomic E-state index is 12.4. The maximum Gasteiger partial charge on any atom is 0.226 e. The topological polar surface area (TPSA) is 49.0 Å². The van der Waals surface area contributed by atoms with Crippen molar-refractivity contribution in [3.63, 3.8) is 0 Å². The molecule has 1 saturated heterocycles. The van der Waals surface area contributed by atoms with E-state index in [2.05, 4.69) is 15.1 Å². The summed E-state index contributed by atoms with van der Waals surface area (Å²) in [6.07, 6.45) is 8.57. The highest BCUT2D eigenvalue weighted by molar-refractivity contribution is 5.79. The number of hydrogen-bond acceptors (Lipinski definition) is 2. The van der Waals surface area contributed by atoms with Crippen LogP contribution >= 0.6 is 0 Å². The Labute approximate surface area is 101 Å². The number of nitrogens with one attached hydrogen (secondary N) is 1. The van der Waals surface area contributed by atoms with Crippen molar-refractivity contribution < 1.29 is 4.79 Å². The average molecular weight is 233 g/mol. The molecule has 0 aromatic carbocycles. The highest BCUT2D eigenvalue weighted by Gasteiger charge is 2.35. The highest BCUT2D eigenvalue weighted by atomic mass is 16.2. The number of aromatic amines is 1. The number of amides is 1. The van der Waals surface area contributed by atoms with E-state index in [-0.39, 0.29) is 6.04 Å². The molecular weight excluding hydrogens is 214 g/mol. The summed E-state index contributed by atoms with van der Waals surface area (Å²) in [7, 11) is 0. The van der Waals surface area contributed by atoms with E-state index >= 15 is 0 Å². The first-order chi connectivity index (χ1) is 8.36. The largest absolute Gasteiger partial charge is 0.334 e. The van der Waals surface area contributed by atoms with E-state index in [1.807, 2.05) is 6.07 Å². The monoisotopic (exact) mass is 233 g/mol. The van der Waals surface area contributed by atoms with Crippen molar-refractivity contribution >= 4 is 5.91 Å². The first-order valence-corrected chi connectivity index (χ1v) is 6.66. The molecule has 1 amide bonds. The Bertz CT molecular complexity index is 381. The minimum absolute atomic E-state index is 0.241. The third-order valence-electron chi connectivity index (χ3n) is 4.12. The number of carbonyl (C=O) groups excluding carboxylic acids is 1. The Morgan fingerprint density at radius 3 is 2.82 bits per heavy atom. The second-order valence-corrected chi connectivity index (χ2v) is 5.18. The molecule has 1 atom stereocenters. The molecule has 4 nitrogen and oxygen atoms in total. The zero-order valence-corrected chi connectivity index (χ0v) is 10.1. The van der Waals surface area contributed by atoms with Crippen molar-refractivity contribution in [2.24, 2.45) is 5.92 Å². The van der Waals surface area contributed by atoms with Crippen LogP contribution in [0.15, 0.2) is 12.3 Å². The molecule has 4 heteroatoms. The number of rotatable bonds is 2. The second kappa shape index (κ2) is 4.51. The summed E-state index contributed by atoms with van der Waals surface area (Å²) in [5, 5.41) is 7.01. The van der Waals surface area contributed by atoms with Crippen LogP contribution in [0.2, 0.25) is 0 Å². The lowest BCUT2D eigenvalue weighted by Crippen LogP contribution is -2.35. The molecule has 1 unspecified atom stereocenters. The van der Waals surface area contributed by atoms with Gasteiger partial charge in [0.2, 0.25) is 5.91 Å². The van der Waals surface area contributed by atoms with Gasteiger partial charge in [0.25, 0.3) is 0 Å². The Balaban J connectivity index is 1.75. The zero-order valence-electron chi connectivity index (χ0n) is 10.1. The number of aromatic nitrogens is 2. The van der Waals surface area contributed by atoms with Crippen LogP contribution in [0.25, 0.3) is 0 Å². The average Bonchev–Trinajstić information content (AvgIpc) is 3.09. The summed E-state index contributed by atoms with van der Waals surface area (Å²) < 4.78 is 0. The van der Waals surface area contributed by atoms with Crippen LogP contribution in [0, 0.1) is 5.92 Å². The van der Waals surface area contributed by atoms with Gasteiger partial charge in [0.15, 0.2) is 0 Å². The Hall–Kier alpha value is -1.32. The lowest BCUT2D eigenvalue weighted by Gasteiger charge is -2.26. The summed E-state index contributed by atoms with van der Waals surface area (Å²) in [5.74, 6) is 0.665. The number of carbonyl (C=O) groups is 1. The van der Waals surface area contributed by atoms with Crippen LogP contribution in [0.4, 0.5) is 0 Å². The normalized spacial score (nSPS) is 25.6. The molecule has 0 bridgehead atoms. The molecule has 1 saturated carbocycles. The van der Waals surface area contributed by atoms with Gasteiger partial charge in [-0.1, -0.05) is 12.8 Å². The van der Waals surface area contributed by atoms with Crippen LogP contribution in [-0.4, -0.2) is 27.5 Å². The molecule has 1 aliphatic carbocycles. The van der Waals surface area contributed by atoms with Gasteiger partial charge in [0.1, 0.15) is 0 Å². The third-order valence-corrected chi connectivity index (χ3v) is 4.12. The summed E-state index contributed by atoms with van der Waals surface area (Å²) in [6, 6.07) is 2.23. The van der Waals surface area contributed by atoms with Gasteiger partial charge in [-0.15, -0.1) is 0 Å². The van der Waals surface area contributed by atoms with Crippen molar-refractivity contribution in [3.05, 3.63) is 18.0 Å². The molecular formula is C13H19N3O. The molecule has 1 aromatic heterocycles. The van der Waals surface area contributed by atoms with Crippen LogP contribution in [0.1, 0.15) is 50.3 Å². The van der Waals surface area contributed by atoms with Gasteiger partial charge in [-0.25, -0.2) is 0 Å². The lowest BCUT2D eigenvalue weighted by atomic mass is 10.1.